The molecule has 2 atom stereocenters. The van der Waals surface area contributed by atoms with E-state index in [1.165, 1.54) is 35.8 Å². The first kappa shape index (κ1) is 30.1. The van der Waals surface area contributed by atoms with Gasteiger partial charge in [0.2, 0.25) is 5.91 Å². The lowest BCUT2D eigenvalue weighted by Crippen LogP contribution is -2.35. The van der Waals surface area contributed by atoms with Crippen molar-refractivity contribution in [3.63, 3.8) is 0 Å². The van der Waals surface area contributed by atoms with Crippen LogP contribution in [0.5, 0.6) is 0 Å². The zero-order valence-electron chi connectivity index (χ0n) is 23.0. The molecular weight excluding hydrogens is 601 g/mol. The Balaban J connectivity index is 1.30. The van der Waals surface area contributed by atoms with E-state index in [0.29, 0.717) is 36.6 Å². The van der Waals surface area contributed by atoms with Crippen molar-refractivity contribution in [3.8, 4) is 0 Å². The van der Waals surface area contributed by atoms with Gasteiger partial charge in [-0.25, -0.2) is 9.37 Å². The molecule has 4 aromatic rings. The molecule has 1 saturated heterocycles. The van der Waals surface area contributed by atoms with E-state index < -0.39 is 17.8 Å². The SMILES string of the molecule is CCO[C@H]1CCN(C(=O)Cc2cc(Cl)c(NC(=O)c3csc4ccccc34)cc2F)[C@@H]1c1ncc(CCC(=O)OC)s1. The summed E-state index contributed by atoms with van der Waals surface area (Å²) in [6.07, 6.45) is 2.58. The van der Waals surface area contributed by atoms with Gasteiger partial charge < -0.3 is 19.7 Å². The summed E-state index contributed by atoms with van der Waals surface area (Å²) in [7, 11) is 1.35. The van der Waals surface area contributed by atoms with Crippen molar-refractivity contribution in [3.05, 3.63) is 79.8 Å². The van der Waals surface area contributed by atoms with Crippen LogP contribution in [0.25, 0.3) is 10.1 Å². The highest BCUT2D eigenvalue weighted by atomic mass is 35.5. The van der Waals surface area contributed by atoms with Gasteiger partial charge in [0, 0.05) is 39.7 Å². The summed E-state index contributed by atoms with van der Waals surface area (Å²) in [5.41, 5.74) is 0.731. The van der Waals surface area contributed by atoms with E-state index in [1.807, 2.05) is 31.2 Å². The van der Waals surface area contributed by atoms with Crippen LogP contribution in [-0.4, -0.2) is 54.0 Å². The second-order valence-electron chi connectivity index (χ2n) is 9.76. The number of ether oxygens (including phenoxy) is 2. The third-order valence-electron chi connectivity index (χ3n) is 7.12. The number of anilines is 1. The molecule has 42 heavy (non-hydrogen) atoms. The molecule has 2 aromatic heterocycles. The number of carbonyl (C=O) groups is 3. The smallest absolute Gasteiger partial charge is 0.305 e. The zero-order chi connectivity index (χ0) is 29.8. The maximum atomic E-state index is 15.3. The summed E-state index contributed by atoms with van der Waals surface area (Å²) in [5.74, 6) is -1.63. The predicted molar refractivity (Wildman–Crippen MR) is 162 cm³/mol. The van der Waals surface area contributed by atoms with Crippen molar-refractivity contribution < 1.29 is 28.2 Å². The van der Waals surface area contributed by atoms with Gasteiger partial charge in [-0.1, -0.05) is 29.8 Å². The summed E-state index contributed by atoms with van der Waals surface area (Å²) >= 11 is 9.33. The minimum atomic E-state index is -0.644. The second kappa shape index (κ2) is 13.3. The van der Waals surface area contributed by atoms with E-state index in [0.717, 1.165) is 21.0 Å². The summed E-state index contributed by atoms with van der Waals surface area (Å²) in [6, 6.07) is 9.64. The number of nitrogens with one attached hydrogen (secondary N) is 1. The standard InChI is InChI=1S/C30H29ClFN3O5S2/c1-3-40-24-10-11-35(28(24)30-33-15-18(42-30)8-9-27(37)39-2)26(36)13-17-12-21(31)23(14-22(17)32)34-29(38)20-16-41-25-7-5-4-6-19(20)25/h4-7,12,14-16,24,28H,3,8-11,13H2,1-2H3,(H,34,38)/t24-,28-/m0/s1. The number of halogens is 2. The highest BCUT2D eigenvalue weighted by Gasteiger charge is 2.40. The van der Waals surface area contributed by atoms with Crippen LogP contribution < -0.4 is 5.32 Å². The largest absolute Gasteiger partial charge is 0.469 e. The molecule has 12 heteroatoms. The molecule has 3 heterocycles. The fourth-order valence-corrected chi connectivity index (χ4v) is 7.31. The Hall–Kier alpha value is -3.38. The molecule has 2 amide bonds. The van der Waals surface area contributed by atoms with Crippen LogP contribution >= 0.6 is 34.3 Å². The van der Waals surface area contributed by atoms with Crippen LogP contribution in [0, 0.1) is 5.82 Å². The number of thiazole rings is 1. The summed E-state index contributed by atoms with van der Waals surface area (Å²) in [5, 5.41) is 6.10. The van der Waals surface area contributed by atoms with Crippen LogP contribution in [-0.2, 0) is 31.9 Å². The first-order chi connectivity index (χ1) is 20.3. The van der Waals surface area contributed by atoms with Crippen LogP contribution in [0.3, 0.4) is 0 Å². The van der Waals surface area contributed by atoms with Crippen molar-refractivity contribution in [1.29, 1.82) is 0 Å². The van der Waals surface area contributed by atoms with E-state index in [4.69, 9.17) is 21.1 Å². The first-order valence-electron chi connectivity index (χ1n) is 13.5. The van der Waals surface area contributed by atoms with Crippen molar-refractivity contribution in [1.82, 2.24) is 9.88 Å². The molecule has 1 aliphatic rings. The Morgan fingerprint density at radius 1 is 1.24 bits per heavy atom. The molecule has 220 valence electrons. The van der Waals surface area contributed by atoms with Gasteiger partial charge in [-0.3, -0.25) is 14.4 Å². The number of esters is 1. The Labute approximate surface area is 255 Å². The van der Waals surface area contributed by atoms with Gasteiger partial charge >= 0.3 is 5.97 Å². The monoisotopic (exact) mass is 629 g/mol. The average Bonchev–Trinajstić information content (AvgIpc) is 3.72. The molecule has 5 rings (SSSR count). The van der Waals surface area contributed by atoms with Gasteiger partial charge in [0.25, 0.3) is 5.91 Å². The van der Waals surface area contributed by atoms with Crippen molar-refractivity contribution in [2.75, 3.05) is 25.6 Å². The maximum absolute atomic E-state index is 15.3. The lowest BCUT2D eigenvalue weighted by molar-refractivity contribution is -0.140. The van der Waals surface area contributed by atoms with E-state index >= 15 is 4.39 Å². The van der Waals surface area contributed by atoms with E-state index in [2.05, 4.69) is 10.3 Å². The number of carbonyl (C=O) groups excluding carboxylic acids is 3. The number of benzene rings is 2. The highest BCUT2D eigenvalue weighted by molar-refractivity contribution is 7.17. The van der Waals surface area contributed by atoms with Crippen LogP contribution in [0.15, 0.2) is 48.0 Å². The topological polar surface area (TPSA) is 97.8 Å². The predicted octanol–water partition coefficient (Wildman–Crippen LogP) is 6.43. The minimum Gasteiger partial charge on any atom is -0.469 e. The van der Waals surface area contributed by atoms with E-state index in [9.17, 15) is 14.4 Å². The summed E-state index contributed by atoms with van der Waals surface area (Å²) < 4.78 is 26.9. The number of aryl methyl sites for hydroxylation is 1. The normalized spacial score (nSPS) is 16.6. The molecule has 2 aromatic carbocycles. The molecule has 8 nitrogen and oxygen atoms in total. The van der Waals surface area contributed by atoms with Crippen LogP contribution in [0.1, 0.15) is 51.6 Å². The van der Waals surface area contributed by atoms with Crippen LogP contribution in [0.4, 0.5) is 10.1 Å². The Kier molecular flexibility index (Phi) is 9.52. The Bertz CT molecular complexity index is 1620. The highest BCUT2D eigenvalue weighted by Crippen LogP contribution is 2.38. The lowest BCUT2D eigenvalue weighted by atomic mass is 10.1. The number of likely N-dealkylation sites (tertiary alicyclic amines) is 1. The van der Waals surface area contributed by atoms with Crippen LogP contribution in [0.2, 0.25) is 5.02 Å². The average molecular weight is 630 g/mol. The van der Waals surface area contributed by atoms with Gasteiger partial charge in [-0.15, -0.1) is 22.7 Å². The molecule has 0 saturated carbocycles. The molecule has 0 bridgehead atoms. The molecule has 0 spiro atoms. The van der Waals surface area contributed by atoms with Gasteiger partial charge in [0.05, 0.1) is 42.3 Å². The number of aromatic nitrogens is 1. The van der Waals surface area contributed by atoms with Gasteiger partial charge in [0.1, 0.15) is 16.9 Å². The molecule has 1 fully saturated rings. The molecular formula is C30H29ClFN3O5S2. The quantitative estimate of drug-likeness (QED) is 0.203. The molecule has 1 aliphatic heterocycles. The number of hydrogen-bond acceptors (Lipinski definition) is 8. The van der Waals surface area contributed by atoms with Crippen molar-refractivity contribution in [2.45, 2.75) is 44.8 Å². The minimum absolute atomic E-state index is 0.125. The molecule has 1 N–H and O–H groups in total. The fourth-order valence-electron chi connectivity index (χ4n) is 5.05. The number of methoxy groups -OCH3 is 1. The molecule has 0 unspecified atom stereocenters. The molecule has 0 aliphatic carbocycles. The Morgan fingerprint density at radius 2 is 2.05 bits per heavy atom. The number of hydrogen-bond donors (Lipinski definition) is 1. The van der Waals surface area contributed by atoms with Crippen molar-refractivity contribution >= 4 is 67.8 Å². The number of rotatable bonds is 10. The maximum Gasteiger partial charge on any atom is 0.305 e. The fraction of sp³-hybridized carbons (Fsp3) is 0.333. The zero-order valence-corrected chi connectivity index (χ0v) is 25.4. The lowest BCUT2D eigenvalue weighted by Gasteiger charge is -2.26. The third kappa shape index (κ3) is 6.49. The first-order valence-corrected chi connectivity index (χ1v) is 15.5. The third-order valence-corrected chi connectivity index (χ3v) is 9.53. The Morgan fingerprint density at radius 3 is 2.83 bits per heavy atom. The van der Waals surface area contributed by atoms with Gasteiger partial charge in [-0.2, -0.15) is 0 Å². The van der Waals surface area contributed by atoms with E-state index in [1.54, 1.807) is 16.5 Å². The summed E-state index contributed by atoms with van der Waals surface area (Å²) in [4.78, 5) is 45.1. The number of nitrogens with zero attached hydrogens (tertiary/aromatic N) is 2. The number of fused-ring (bicyclic) bond motifs is 1. The second-order valence-corrected chi connectivity index (χ2v) is 12.2. The number of thiophene rings is 1. The van der Waals surface area contributed by atoms with Crippen molar-refractivity contribution in [2.24, 2.45) is 0 Å². The van der Waals surface area contributed by atoms with Gasteiger partial charge in [0.15, 0.2) is 0 Å². The van der Waals surface area contributed by atoms with E-state index in [-0.39, 0.29) is 47.1 Å². The number of amides is 2. The molecule has 0 radical (unpaired) electrons. The summed E-state index contributed by atoms with van der Waals surface area (Å²) in [6.45, 7) is 2.80. The van der Waals surface area contributed by atoms with Gasteiger partial charge in [-0.05, 0) is 43.5 Å².